The van der Waals surface area contributed by atoms with Gasteiger partial charge in [-0.15, -0.1) is 0 Å². The number of carbonyl (C=O) groups excluding carboxylic acids is 1. The summed E-state index contributed by atoms with van der Waals surface area (Å²) in [4.78, 5) is 19.2. The van der Waals surface area contributed by atoms with E-state index < -0.39 is 0 Å². The summed E-state index contributed by atoms with van der Waals surface area (Å²) in [5, 5.41) is 8.89. The number of aryl methyl sites for hydroxylation is 2. The number of esters is 1. The van der Waals surface area contributed by atoms with Gasteiger partial charge in [0.2, 0.25) is 0 Å². The van der Waals surface area contributed by atoms with Crippen molar-refractivity contribution in [2.24, 2.45) is 7.05 Å². The van der Waals surface area contributed by atoms with Crippen molar-refractivity contribution in [3.05, 3.63) is 17.5 Å². The minimum atomic E-state index is -0.372. The molecule has 148 valence electrons. The van der Waals surface area contributed by atoms with Crippen molar-refractivity contribution in [1.82, 2.24) is 19.7 Å². The highest BCUT2D eigenvalue weighted by atomic mass is 16.5. The summed E-state index contributed by atoms with van der Waals surface area (Å²) in [7, 11) is 6.05. The second-order valence-electron chi connectivity index (χ2n) is 7.26. The Morgan fingerprint density at radius 1 is 1.41 bits per heavy atom. The SMILES string of the molecule is CCOC(=O)c1cnc2c(c(C)nn2C)c1NCC1(N(C)C)CCOCC1. The Bertz CT molecular complexity index is 824. The van der Waals surface area contributed by atoms with E-state index in [1.54, 1.807) is 17.8 Å². The number of nitrogens with one attached hydrogen (secondary N) is 1. The lowest BCUT2D eigenvalue weighted by Gasteiger charge is -2.43. The van der Waals surface area contributed by atoms with E-state index in [9.17, 15) is 4.79 Å². The van der Waals surface area contributed by atoms with E-state index in [0.717, 1.165) is 48.5 Å². The maximum absolute atomic E-state index is 12.5. The number of hydrogen-bond acceptors (Lipinski definition) is 7. The quantitative estimate of drug-likeness (QED) is 0.773. The summed E-state index contributed by atoms with van der Waals surface area (Å²) in [6.07, 6.45) is 3.44. The molecule has 0 aromatic carbocycles. The molecule has 0 bridgehead atoms. The van der Waals surface area contributed by atoms with E-state index in [1.807, 2.05) is 14.0 Å². The summed E-state index contributed by atoms with van der Waals surface area (Å²) >= 11 is 0. The van der Waals surface area contributed by atoms with Gasteiger partial charge in [-0.05, 0) is 40.8 Å². The van der Waals surface area contributed by atoms with Gasteiger partial charge in [0.05, 0.1) is 23.4 Å². The standard InChI is InChI=1S/C19H29N5O3/c1-6-27-18(25)14-11-20-17-15(13(2)22-24(17)5)16(14)21-12-19(23(3)4)7-9-26-10-8-19/h11H,6-10,12H2,1-5H3,(H,20,21). The maximum atomic E-state index is 12.5. The van der Waals surface area contributed by atoms with E-state index in [2.05, 4.69) is 34.4 Å². The molecule has 8 heteroatoms. The molecular weight excluding hydrogens is 346 g/mol. The Balaban J connectivity index is 2.02. The molecule has 1 N–H and O–H groups in total. The topological polar surface area (TPSA) is 81.5 Å². The Morgan fingerprint density at radius 2 is 2.11 bits per heavy atom. The van der Waals surface area contributed by atoms with Gasteiger partial charge in [0.25, 0.3) is 0 Å². The van der Waals surface area contributed by atoms with Crippen molar-refractivity contribution in [3.8, 4) is 0 Å². The molecule has 0 aliphatic carbocycles. The van der Waals surface area contributed by atoms with Crippen molar-refractivity contribution in [2.45, 2.75) is 32.2 Å². The monoisotopic (exact) mass is 375 g/mol. The third kappa shape index (κ3) is 3.64. The highest BCUT2D eigenvalue weighted by molar-refractivity contribution is 6.05. The summed E-state index contributed by atoms with van der Waals surface area (Å²) < 4.78 is 12.6. The Hall–Kier alpha value is -2.19. The van der Waals surface area contributed by atoms with E-state index in [0.29, 0.717) is 18.7 Å². The zero-order chi connectivity index (χ0) is 19.6. The van der Waals surface area contributed by atoms with Crippen molar-refractivity contribution in [1.29, 1.82) is 0 Å². The van der Waals surface area contributed by atoms with Crippen molar-refractivity contribution in [2.75, 3.05) is 45.8 Å². The van der Waals surface area contributed by atoms with E-state index in [1.165, 1.54) is 0 Å². The smallest absolute Gasteiger partial charge is 0.341 e. The van der Waals surface area contributed by atoms with Crippen molar-refractivity contribution >= 4 is 22.7 Å². The molecule has 2 aromatic rings. The molecule has 0 saturated carbocycles. The van der Waals surface area contributed by atoms with Crippen LogP contribution in [0.25, 0.3) is 11.0 Å². The van der Waals surface area contributed by atoms with Gasteiger partial charge in [-0.25, -0.2) is 9.78 Å². The molecule has 0 amide bonds. The maximum Gasteiger partial charge on any atom is 0.341 e. The predicted molar refractivity (Wildman–Crippen MR) is 104 cm³/mol. The van der Waals surface area contributed by atoms with Crippen molar-refractivity contribution in [3.63, 3.8) is 0 Å². The van der Waals surface area contributed by atoms with Crippen LogP contribution in [0, 0.1) is 6.92 Å². The first kappa shape index (κ1) is 19.6. The number of anilines is 1. The molecule has 0 radical (unpaired) electrons. The fourth-order valence-corrected chi connectivity index (χ4v) is 3.75. The largest absolute Gasteiger partial charge is 0.462 e. The third-order valence-electron chi connectivity index (χ3n) is 5.49. The van der Waals surface area contributed by atoms with E-state index >= 15 is 0 Å². The normalized spacial score (nSPS) is 16.7. The average Bonchev–Trinajstić information content (AvgIpc) is 2.94. The highest BCUT2D eigenvalue weighted by Crippen LogP contribution is 2.32. The van der Waals surface area contributed by atoms with Gasteiger partial charge in [0, 0.05) is 38.5 Å². The lowest BCUT2D eigenvalue weighted by molar-refractivity contribution is -0.000642. The van der Waals surface area contributed by atoms with Gasteiger partial charge in [-0.3, -0.25) is 4.68 Å². The van der Waals surface area contributed by atoms with Crippen LogP contribution in [0.2, 0.25) is 0 Å². The number of hydrogen-bond donors (Lipinski definition) is 1. The number of ether oxygens (including phenoxy) is 2. The summed E-state index contributed by atoms with van der Waals surface area (Å²) in [5.74, 6) is -0.372. The molecule has 1 saturated heterocycles. The van der Waals surface area contributed by atoms with Crippen LogP contribution in [0.15, 0.2) is 6.20 Å². The van der Waals surface area contributed by atoms with Crippen LogP contribution in [0.1, 0.15) is 35.8 Å². The number of rotatable bonds is 6. The molecule has 1 aliphatic heterocycles. The lowest BCUT2D eigenvalue weighted by Crippen LogP contribution is -2.53. The van der Waals surface area contributed by atoms with Crippen LogP contribution in [-0.2, 0) is 16.5 Å². The average molecular weight is 375 g/mol. The van der Waals surface area contributed by atoms with Crippen LogP contribution in [0.4, 0.5) is 5.69 Å². The van der Waals surface area contributed by atoms with Gasteiger partial charge in [0.15, 0.2) is 5.65 Å². The lowest BCUT2D eigenvalue weighted by atomic mass is 9.88. The number of aromatic nitrogens is 3. The Kier molecular flexibility index (Phi) is 5.67. The van der Waals surface area contributed by atoms with Gasteiger partial charge >= 0.3 is 5.97 Å². The van der Waals surface area contributed by atoms with Crippen LogP contribution < -0.4 is 5.32 Å². The predicted octanol–water partition coefficient (Wildman–Crippen LogP) is 1.98. The van der Waals surface area contributed by atoms with Gasteiger partial charge in [-0.1, -0.05) is 0 Å². The number of fused-ring (bicyclic) bond motifs is 1. The molecule has 1 aliphatic rings. The first-order valence-electron chi connectivity index (χ1n) is 9.38. The van der Waals surface area contributed by atoms with Gasteiger partial charge < -0.3 is 19.7 Å². The molecule has 0 atom stereocenters. The van der Waals surface area contributed by atoms with Crippen molar-refractivity contribution < 1.29 is 14.3 Å². The minimum Gasteiger partial charge on any atom is -0.462 e. The molecule has 1 fully saturated rings. The van der Waals surface area contributed by atoms with Crippen LogP contribution >= 0.6 is 0 Å². The first-order valence-corrected chi connectivity index (χ1v) is 9.38. The van der Waals surface area contributed by atoms with Crippen LogP contribution in [-0.4, -0.2) is 71.6 Å². The first-order chi connectivity index (χ1) is 12.9. The fraction of sp³-hybridized carbons (Fsp3) is 0.632. The number of likely N-dealkylation sites (N-methyl/N-ethyl adjacent to an activating group) is 1. The van der Waals surface area contributed by atoms with E-state index in [-0.39, 0.29) is 11.5 Å². The number of pyridine rings is 1. The second-order valence-corrected chi connectivity index (χ2v) is 7.26. The molecule has 3 rings (SSSR count). The second kappa shape index (κ2) is 7.82. The third-order valence-corrected chi connectivity index (χ3v) is 5.49. The fourth-order valence-electron chi connectivity index (χ4n) is 3.75. The van der Waals surface area contributed by atoms with Gasteiger partial charge in [-0.2, -0.15) is 5.10 Å². The molecule has 0 spiro atoms. The summed E-state index contributed by atoms with van der Waals surface area (Å²) in [6.45, 7) is 6.23. The van der Waals surface area contributed by atoms with E-state index in [4.69, 9.17) is 9.47 Å². The highest BCUT2D eigenvalue weighted by Gasteiger charge is 2.35. The Morgan fingerprint density at radius 3 is 2.74 bits per heavy atom. The zero-order valence-corrected chi connectivity index (χ0v) is 16.8. The van der Waals surface area contributed by atoms with Crippen LogP contribution in [0.5, 0.6) is 0 Å². The molecule has 8 nitrogen and oxygen atoms in total. The summed E-state index contributed by atoms with van der Waals surface area (Å²) in [5.41, 5.74) is 2.74. The zero-order valence-electron chi connectivity index (χ0n) is 16.8. The molecule has 27 heavy (non-hydrogen) atoms. The minimum absolute atomic E-state index is 0.0319. The Labute approximate surface area is 159 Å². The molecule has 0 unspecified atom stereocenters. The molecular formula is C19H29N5O3. The summed E-state index contributed by atoms with van der Waals surface area (Å²) in [6, 6.07) is 0. The molecule has 2 aromatic heterocycles. The molecule has 3 heterocycles. The van der Waals surface area contributed by atoms with Crippen LogP contribution in [0.3, 0.4) is 0 Å². The number of nitrogens with zero attached hydrogens (tertiary/aromatic N) is 4. The van der Waals surface area contributed by atoms with Gasteiger partial charge in [0.1, 0.15) is 5.56 Å². The number of carbonyl (C=O) groups is 1.